The van der Waals surface area contributed by atoms with Crippen LogP contribution in [0.4, 0.5) is 0 Å². The lowest BCUT2D eigenvalue weighted by molar-refractivity contribution is 0.0745. The van der Waals surface area contributed by atoms with Crippen molar-refractivity contribution in [2.75, 3.05) is 26.9 Å². The van der Waals surface area contributed by atoms with Crippen LogP contribution in [0.1, 0.15) is 52.6 Å². The number of nitrogens with one attached hydrogen (secondary N) is 1. The first-order valence-electron chi connectivity index (χ1n) is 13.3. The molecule has 1 unspecified atom stereocenters. The SMILES string of the molecule is CCOc1ccc(C2c3c(-c4cc(Cl)c(C)cc4O)n[nH]c3C(=O)N2CCc2ccc(OC)cc2)cc1OCC. The molecule has 1 atom stereocenters. The van der Waals surface area contributed by atoms with Gasteiger partial charge in [0.2, 0.25) is 0 Å². The largest absolute Gasteiger partial charge is 0.507 e. The highest BCUT2D eigenvalue weighted by Gasteiger charge is 2.42. The van der Waals surface area contributed by atoms with Crippen molar-refractivity contribution in [2.24, 2.45) is 0 Å². The van der Waals surface area contributed by atoms with E-state index in [-0.39, 0.29) is 11.7 Å². The number of carbonyl (C=O) groups is 1. The summed E-state index contributed by atoms with van der Waals surface area (Å²) in [6, 6.07) is 16.4. The maximum Gasteiger partial charge on any atom is 0.273 e. The predicted molar refractivity (Wildman–Crippen MR) is 154 cm³/mol. The molecule has 8 nitrogen and oxygen atoms in total. The van der Waals surface area contributed by atoms with Crippen LogP contribution in [0.25, 0.3) is 11.3 Å². The van der Waals surface area contributed by atoms with Gasteiger partial charge in [-0.3, -0.25) is 9.89 Å². The number of hydrogen-bond donors (Lipinski definition) is 2. The van der Waals surface area contributed by atoms with E-state index in [4.69, 9.17) is 25.8 Å². The molecule has 0 radical (unpaired) electrons. The highest BCUT2D eigenvalue weighted by Crippen LogP contribution is 2.46. The van der Waals surface area contributed by atoms with Crippen molar-refractivity contribution in [3.8, 4) is 34.3 Å². The minimum absolute atomic E-state index is 0.0424. The minimum atomic E-state index is -0.483. The number of ether oxygens (including phenoxy) is 3. The van der Waals surface area contributed by atoms with Crippen molar-refractivity contribution in [1.82, 2.24) is 15.1 Å². The normalized spacial score (nSPS) is 14.4. The van der Waals surface area contributed by atoms with Gasteiger partial charge in [-0.05, 0) is 80.3 Å². The van der Waals surface area contributed by atoms with Crippen molar-refractivity contribution < 1.29 is 24.1 Å². The lowest BCUT2D eigenvalue weighted by atomic mass is 9.94. The molecule has 0 aliphatic carbocycles. The van der Waals surface area contributed by atoms with E-state index in [1.54, 1.807) is 19.2 Å². The fourth-order valence-corrected chi connectivity index (χ4v) is 5.28. The number of aromatic hydroxyl groups is 1. The molecule has 1 aliphatic heterocycles. The zero-order valence-corrected chi connectivity index (χ0v) is 23.7. The van der Waals surface area contributed by atoms with Crippen LogP contribution in [0.15, 0.2) is 54.6 Å². The number of carbonyl (C=O) groups excluding carboxylic acids is 1. The number of methoxy groups -OCH3 is 1. The number of phenolic OH excluding ortho intramolecular Hbond substituents is 1. The Morgan fingerprint density at radius 2 is 1.75 bits per heavy atom. The summed E-state index contributed by atoms with van der Waals surface area (Å²) in [5.41, 5.74) is 4.67. The molecular formula is C31H32ClN3O5. The number of nitrogens with zero attached hydrogens (tertiary/aromatic N) is 2. The van der Waals surface area contributed by atoms with Gasteiger partial charge in [-0.1, -0.05) is 29.8 Å². The summed E-state index contributed by atoms with van der Waals surface area (Å²) in [6.07, 6.45) is 0.635. The molecule has 40 heavy (non-hydrogen) atoms. The molecule has 9 heteroatoms. The van der Waals surface area contributed by atoms with Gasteiger partial charge < -0.3 is 24.2 Å². The second-order valence-corrected chi connectivity index (χ2v) is 9.96. The van der Waals surface area contributed by atoms with Crippen molar-refractivity contribution in [3.05, 3.63) is 87.6 Å². The number of amides is 1. The molecule has 0 saturated heterocycles. The quantitative estimate of drug-likeness (QED) is 0.234. The van der Waals surface area contributed by atoms with Crippen LogP contribution in [-0.2, 0) is 6.42 Å². The lowest BCUT2D eigenvalue weighted by Gasteiger charge is -2.27. The van der Waals surface area contributed by atoms with Gasteiger partial charge in [0.05, 0.1) is 26.4 Å². The van der Waals surface area contributed by atoms with E-state index in [0.29, 0.717) is 65.2 Å². The van der Waals surface area contributed by atoms with Crippen molar-refractivity contribution in [3.63, 3.8) is 0 Å². The first kappa shape index (κ1) is 27.4. The number of fused-ring (bicyclic) bond motifs is 1. The van der Waals surface area contributed by atoms with Crippen LogP contribution in [-0.4, -0.2) is 53.0 Å². The lowest BCUT2D eigenvalue weighted by Crippen LogP contribution is -2.31. The Bertz CT molecular complexity index is 1530. The number of H-pyrrole nitrogens is 1. The Morgan fingerprint density at radius 1 is 1.02 bits per heavy atom. The zero-order chi connectivity index (χ0) is 28.4. The maximum atomic E-state index is 13.8. The summed E-state index contributed by atoms with van der Waals surface area (Å²) in [4.78, 5) is 15.7. The van der Waals surface area contributed by atoms with Crippen molar-refractivity contribution >= 4 is 17.5 Å². The van der Waals surface area contributed by atoms with Gasteiger partial charge in [0.25, 0.3) is 5.91 Å². The van der Waals surface area contributed by atoms with Gasteiger partial charge >= 0.3 is 0 Å². The van der Waals surface area contributed by atoms with Gasteiger partial charge in [0.15, 0.2) is 11.5 Å². The maximum absolute atomic E-state index is 13.8. The zero-order valence-electron chi connectivity index (χ0n) is 23.0. The van der Waals surface area contributed by atoms with E-state index >= 15 is 0 Å². The summed E-state index contributed by atoms with van der Waals surface area (Å²) in [7, 11) is 1.63. The molecule has 0 spiro atoms. The number of aryl methyl sites for hydroxylation is 1. The topological polar surface area (TPSA) is 96.9 Å². The Kier molecular flexibility index (Phi) is 7.89. The van der Waals surface area contributed by atoms with Gasteiger partial charge in [-0.25, -0.2) is 0 Å². The van der Waals surface area contributed by atoms with E-state index in [9.17, 15) is 9.90 Å². The van der Waals surface area contributed by atoms with E-state index < -0.39 is 6.04 Å². The molecule has 4 aromatic rings. The van der Waals surface area contributed by atoms with E-state index in [0.717, 1.165) is 22.4 Å². The smallest absolute Gasteiger partial charge is 0.273 e. The molecule has 1 aromatic heterocycles. The first-order chi connectivity index (χ1) is 19.4. The average Bonchev–Trinajstić information content (AvgIpc) is 3.49. The Labute approximate surface area is 238 Å². The Balaban J connectivity index is 1.61. The molecule has 0 bridgehead atoms. The molecule has 1 amide bonds. The Hall–Kier alpha value is -4.17. The highest BCUT2D eigenvalue weighted by atomic mass is 35.5. The van der Waals surface area contributed by atoms with Crippen LogP contribution >= 0.6 is 11.6 Å². The molecule has 1 aliphatic rings. The van der Waals surface area contributed by atoms with E-state index in [1.165, 1.54) is 0 Å². The van der Waals surface area contributed by atoms with Crippen molar-refractivity contribution in [1.29, 1.82) is 0 Å². The molecular weight excluding hydrogens is 530 g/mol. The van der Waals surface area contributed by atoms with Crippen LogP contribution in [0.2, 0.25) is 5.02 Å². The number of rotatable bonds is 10. The standard InChI is InChI=1S/C31H32ClN3O5/c1-5-39-25-12-9-20(16-26(25)40-6-2)30-27-28(22-17-23(32)18(3)15-24(22)36)33-34-29(27)31(37)35(30)14-13-19-7-10-21(38-4)11-8-19/h7-12,15-17,30,36H,5-6,13-14H2,1-4H3,(H,33,34). The summed E-state index contributed by atoms with van der Waals surface area (Å²) >= 11 is 6.44. The third-order valence-electron chi connectivity index (χ3n) is 7.08. The number of halogens is 1. The fraction of sp³-hybridized carbons (Fsp3) is 0.290. The van der Waals surface area contributed by atoms with Gasteiger partial charge in [0, 0.05) is 22.7 Å². The molecule has 5 rings (SSSR count). The minimum Gasteiger partial charge on any atom is -0.507 e. The number of hydrogen-bond acceptors (Lipinski definition) is 6. The van der Waals surface area contributed by atoms with Crippen molar-refractivity contribution in [2.45, 2.75) is 33.2 Å². The summed E-state index contributed by atoms with van der Waals surface area (Å²) in [6.45, 7) is 7.08. The van der Waals surface area contributed by atoms with Crippen LogP contribution in [0.5, 0.6) is 23.0 Å². The molecule has 0 saturated carbocycles. The van der Waals surface area contributed by atoms with Gasteiger partial charge in [-0.15, -0.1) is 0 Å². The first-order valence-corrected chi connectivity index (χ1v) is 13.6. The van der Waals surface area contributed by atoms with Crippen LogP contribution in [0.3, 0.4) is 0 Å². The third kappa shape index (κ3) is 5.07. The Morgan fingerprint density at radius 3 is 2.45 bits per heavy atom. The number of aromatic nitrogens is 2. The molecule has 0 fully saturated rings. The number of benzene rings is 3. The molecule has 208 valence electrons. The predicted octanol–water partition coefficient (Wildman–Crippen LogP) is 6.34. The molecule has 2 heterocycles. The number of phenols is 1. The third-order valence-corrected chi connectivity index (χ3v) is 7.49. The fourth-order valence-electron chi connectivity index (χ4n) is 5.11. The van der Waals surface area contributed by atoms with E-state index in [1.807, 2.05) is 68.1 Å². The average molecular weight is 562 g/mol. The monoisotopic (exact) mass is 561 g/mol. The van der Waals surface area contributed by atoms with Gasteiger partial charge in [-0.2, -0.15) is 5.10 Å². The van der Waals surface area contributed by atoms with Crippen LogP contribution in [0, 0.1) is 6.92 Å². The summed E-state index contributed by atoms with van der Waals surface area (Å²) < 4.78 is 17.0. The molecule has 3 aromatic carbocycles. The van der Waals surface area contributed by atoms with Crippen LogP contribution < -0.4 is 14.2 Å². The second kappa shape index (κ2) is 11.5. The second-order valence-electron chi connectivity index (χ2n) is 9.55. The van der Waals surface area contributed by atoms with E-state index in [2.05, 4.69) is 10.2 Å². The van der Waals surface area contributed by atoms with Gasteiger partial charge in [0.1, 0.15) is 22.9 Å². The number of aromatic amines is 1. The summed E-state index contributed by atoms with van der Waals surface area (Å²) in [5.74, 6) is 1.89. The molecule has 2 N–H and O–H groups in total. The summed E-state index contributed by atoms with van der Waals surface area (Å²) in [5, 5.41) is 18.8. The highest BCUT2D eigenvalue weighted by molar-refractivity contribution is 6.31.